The first kappa shape index (κ1) is 20.1. The second-order valence-electron chi connectivity index (χ2n) is 6.14. The largest absolute Gasteiger partial charge is 0.497 e. The van der Waals surface area contributed by atoms with E-state index in [-0.39, 0.29) is 24.4 Å². The summed E-state index contributed by atoms with van der Waals surface area (Å²) in [4.78, 5) is 15.2. The zero-order valence-electron chi connectivity index (χ0n) is 15.3. The van der Waals surface area contributed by atoms with Gasteiger partial charge in [-0.2, -0.15) is 0 Å². The lowest BCUT2D eigenvalue weighted by Crippen LogP contribution is -2.48. The van der Waals surface area contributed by atoms with E-state index in [2.05, 4.69) is 5.32 Å². The molecule has 0 saturated carbocycles. The summed E-state index contributed by atoms with van der Waals surface area (Å²) in [7, 11) is 3.29. The topological polar surface area (TPSA) is 50.8 Å². The van der Waals surface area contributed by atoms with Crippen molar-refractivity contribution >= 4 is 18.3 Å². The van der Waals surface area contributed by atoms with Crippen LogP contribution in [0.3, 0.4) is 0 Å². The minimum atomic E-state index is -0.0566. The van der Waals surface area contributed by atoms with Gasteiger partial charge in [0.2, 0.25) is 0 Å². The molecule has 0 aromatic heterocycles. The van der Waals surface area contributed by atoms with Gasteiger partial charge < -0.3 is 19.7 Å². The molecule has 140 valence electrons. The monoisotopic (exact) mass is 376 g/mol. The maximum atomic E-state index is 13.2. The van der Waals surface area contributed by atoms with Crippen LogP contribution in [0.25, 0.3) is 0 Å². The van der Waals surface area contributed by atoms with Crippen LogP contribution >= 0.6 is 12.4 Å². The van der Waals surface area contributed by atoms with Crippen LogP contribution < -0.4 is 14.8 Å². The SMILES string of the molecule is COc1ccc(C(=O)N2CCNCC2c2ccccc2OC)c(C)c1.Cl. The van der Waals surface area contributed by atoms with E-state index in [4.69, 9.17) is 9.47 Å². The molecule has 1 N–H and O–H groups in total. The quantitative estimate of drug-likeness (QED) is 0.890. The highest BCUT2D eigenvalue weighted by Gasteiger charge is 2.31. The van der Waals surface area contributed by atoms with E-state index in [0.29, 0.717) is 18.7 Å². The van der Waals surface area contributed by atoms with Gasteiger partial charge in [-0.05, 0) is 36.8 Å². The van der Waals surface area contributed by atoms with Crippen molar-refractivity contribution in [1.82, 2.24) is 10.2 Å². The number of benzene rings is 2. The van der Waals surface area contributed by atoms with Crippen molar-refractivity contribution in [3.63, 3.8) is 0 Å². The number of halogens is 1. The molecule has 3 rings (SSSR count). The third-order valence-corrected chi connectivity index (χ3v) is 4.67. The number of para-hydroxylation sites is 1. The number of carbonyl (C=O) groups is 1. The number of ether oxygens (including phenoxy) is 2. The number of amides is 1. The fraction of sp³-hybridized carbons (Fsp3) is 0.350. The molecule has 1 amide bonds. The summed E-state index contributed by atoms with van der Waals surface area (Å²) < 4.78 is 10.7. The molecule has 0 aliphatic carbocycles. The summed E-state index contributed by atoms with van der Waals surface area (Å²) in [6, 6.07) is 13.4. The Morgan fingerprint density at radius 3 is 2.62 bits per heavy atom. The van der Waals surface area contributed by atoms with Crippen molar-refractivity contribution in [2.45, 2.75) is 13.0 Å². The zero-order chi connectivity index (χ0) is 17.8. The summed E-state index contributed by atoms with van der Waals surface area (Å²) in [6.45, 7) is 4.09. The summed E-state index contributed by atoms with van der Waals surface area (Å²) in [6.07, 6.45) is 0. The van der Waals surface area contributed by atoms with E-state index in [9.17, 15) is 4.79 Å². The molecule has 26 heavy (non-hydrogen) atoms. The van der Waals surface area contributed by atoms with Gasteiger partial charge in [-0.25, -0.2) is 0 Å². The smallest absolute Gasteiger partial charge is 0.254 e. The second kappa shape index (κ2) is 8.92. The zero-order valence-corrected chi connectivity index (χ0v) is 16.1. The molecule has 2 aromatic carbocycles. The van der Waals surface area contributed by atoms with E-state index in [1.165, 1.54) is 0 Å². The van der Waals surface area contributed by atoms with Gasteiger partial charge in [0.25, 0.3) is 5.91 Å². The summed E-state index contributed by atoms with van der Waals surface area (Å²) in [5, 5.41) is 3.38. The average molecular weight is 377 g/mol. The third kappa shape index (κ3) is 3.94. The normalized spacial score (nSPS) is 16.6. The summed E-state index contributed by atoms with van der Waals surface area (Å²) in [5.74, 6) is 1.61. The maximum absolute atomic E-state index is 13.2. The Bertz CT molecular complexity index is 766. The number of methoxy groups -OCH3 is 2. The summed E-state index contributed by atoms with van der Waals surface area (Å²) in [5.41, 5.74) is 2.65. The molecule has 1 aliphatic heterocycles. The second-order valence-corrected chi connectivity index (χ2v) is 6.14. The summed E-state index contributed by atoms with van der Waals surface area (Å²) >= 11 is 0. The fourth-order valence-electron chi connectivity index (χ4n) is 3.32. The van der Waals surface area contributed by atoms with Gasteiger partial charge in [0.1, 0.15) is 11.5 Å². The fourth-order valence-corrected chi connectivity index (χ4v) is 3.32. The average Bonchev–Trinajstić information content (AvgIpc) is 2.67. The van der Waals surface area contributed by atoms with E-state index < -0.39 is 0 Å². The predicted molar refractivity (Wildman–Crippen MR) is 105 cm³/mol. The van der Waals surface area contributed by atoms with Crippen molar-refractivity contribution in [3.05, 3.63) is 59.2 Å². The number of aryl methyl sites for hydroxylation is 1. The molecular formula is C20H25ClN2O3. The lowest BCUT2D eigenvalue weighted by atomic mass is 9.99. The number of rotatable bonds is 4. The lowest BCUT2D eigenvalue weighted by molar-refractivity contribution is 0.0631. The lowest BCUT2D eigenvalue weighted by Gasteiger charge is -2.37. The first-order valence-corrected chi connectivity index (χ1v) is 8.45. The van der Waals surface area contributed by atoms with Crippen LogP contribution in [0, 0.1) is 6.92 Å². The molecule has 1 atom stereocenters. The number of carbonyl (C=O) groups excluding carboxylic acids is 1. The van der Waals surface area contributed by atoms with Crippen molar-refractivity contribution in [3.8, 4) is 11.5 Å². The maximum Gasteiger partial charge on any atom is 0.254 e. The highest BCUT2D eigenvalue weighted by Crippen LogP contribution is 2.31. The number of nitrogens with zero attached hydrogens (tertiary/aromatic N) is 1. The van der Waals surface area contributed by atoms with Crippen LogP contribution in [0.2, 0.25) is 0 Å². The highest BCUT2D eigenvalue weighted by molar-refractivity contribution is 5.96. The number of piperazine rings is 1. The third-order valence-electron chi connectivity index (χ3n) is 4.67. The van der Waals surface area contributed by atoms with Crippen molar-refractivity contribution in [2.24, 2.45) is 0 Å². The Hall–Kier alpha value is -2.24. The molecule has 5 nitrogen and oxygen atoms in total. The number of nitrogens with one attached hydrogen (secondary N) is 1. The van der Waals surface area contributed by atoms with Gasteiger partial charge in [-0.1, -0.05) is 18.2 Å². The number of hydrogen-bond acceptors (Lipinski definition) is 4. The Kier molecular flexibility index (Phi) is 6.89. The highest BCUT2D eigenvalue weighted by atomic mass is 35.5. The van der Waals surface area contributed by atoms with Crippen LogP contribution in [0.1, 0.15) is 27.5 Å². The van der Waals surface area contributed by atoms with Crippen LogP contribution in [-0.2, 0) is 0 Å². The van der Waals surface area contributed by atoms with Gasteiger partial charge in [0.15, 0.2) is 0 Å². The first-order chi connectivity index (χ1) is 12.2. The molecule has 1 aliphatic rings. The molecule has 0 radical (unpaired) electrons. The van der Waals surface area contributed by atoms with E-state index in [1.807, 2.05) is 54.3 Å². The van der Waals surface area contributed by atoms with E-state index in [1.54, 1.807) is 14.2 Å². The minimum absolute atomic E-state index is 0. The predicted octanol–water partition coefficient (Wildman–Crippen LogP) is 3.22. The minimum Gasteiger partial charge on any atom is -0.497 e. The molecular weight excluding hydrogens is 352 g/mol. The molecule has 6 heteroatoms. The standard InChI is InChI=1S/C20H24N2O3.ClH/c1-14-12-15(24-2)8-9-16(14)20(23)22-11-10-21-13-18(22)17-6-4-5-7-19(17)25-3;/h4-9,12,18,21H,10-11,13H2,1-3H3;1H. The van der Waals surface area contributed by atoms with Gasteiger partial charge in [0.05, 0.1) is 20.3 Å². The van der Waals surface area contributed by atoms with E-state index >= 15 is 0 Å². The Labute approximate surface area is 160 Å². The number of hydrogen-bond donors (Lipinski definition) is 1. The van der Waals surface area contributed by atoms with Crippen LogP contribution in [-0.4, -0.2) is 44.7 Å². The van der Waals surface area contributed by atoms with E-state index in [0.717, 1.165) is 29.2 Å². The molecule has 0 spiro atoms. The van der Waals surface area contributed by atoms with Crippen molar-refractivity contribution in [1.29, 1.82) is 0 Å². The Balaban J connectivity index is 0.00000243. The van der Waals surface area contributed by atoms with Crippen molar-refractivity contribution in [2.75, 3.05) is 33.9 Å². The Morgan fingerprint density at radius 2 is 1.92 bits per heavy atom. The Morgan fingerprint density at radius 1 is 1.15 bits per heavy atom. The molecule has 1 heterocycles. The van der Waals surface area contributed by atoms with Crippen LogP contribution in [0.5, 0.6) is 11.5 Å². The molecule has 0 bridgehead atoms. The van der Waals surface area contributed by atoms with Gasteiger partial charge >= 0.3 is 0 Å². The molecule has 1 fully saturated rings. The van der Waals surface area contributed by atoms with Gasteiger partial charge in [-0.15, -0.1) is 12.4 Å². The van der Waals surface area contributed by atoms with Gasteiger partial charge in [0, 0.05) is 30.8 Å². The molecule has 1 unspecified atom stereocenters. The van der Waals surface area contributed by atoms with Crippen LogP contribution in [0.15, 0.2) is 42.5 Å². The van der Waals surface area contributed by atoms with Gasteiger partial charge in [-0.3, -0.25) is 4.79 Å². The molecule has 2 aromatic rings. The van der Waals surface area contributed by atoms with Crippen molar-refractivity contribution < 1.29 is 14.3 Å². The molecule has 1 saturated heterocycles. The van der Waals surface area contributed by atoms with Crippen LogP contribution in [0.4, 0.5) is 0 Å². The first-order valence-electron chi connectivity index (χ1n) is 8.45.